The van der Waals surface area contributed by atoms with Crippen LogP contribution in [-0.2, 0) is 9.53 Å². The van der Waals surface area contributed by atoms with Crippen molar-refractivity contribution < 1.29 is 19.1 Å². The highest BCUT2D eigenvalue weighted by molar-refractivity contribution is 5.92. The standard InChI is InChI=1S/C17H25N3O4/c1-3-24-17(22)20-10-8-13(9-11-20)18-12-16(21)19-14-4-6-15(23-2)7-5-14/h4-7,13,18H,3,8-12H2,1-2H3,(H,19,21). The van der Waals surface area contributed by atoms with E-state index in [-0.39, 0.29) is 24.6 Å². The van der Waals surface area contributed by atoms with Crippen LogP contribution in [0.25, 0.3) is 0 Å². The maximum atomic E-state index is 12.0. The van der Waals surface area contributed by atoms with Crippen LogP contribution in [0.5, 0.6) is 5.75 Å². The van der Waals surface area contributed by atoms with Crippen molar-refractivity contribution >= 4 is 17.7 Å². The van der Waals surface area contributed by atoms with Gasteiger partial charge >= 0.3 is 6.09 Å². The molecule has 1 aliphatic rings. The predicted molar refractivity (Wildman–Crippen MR) is 91.2 cm³/mol. The summed E-state index contributed by atoms with van der Waals surface area (Å²) >= 11 is 0. The normalized spacial score (nSPS) is 15.0. The zero-order chi connectivity index (χ0) is 17.4. The van der Waals surface area contributed by atoms with Crippen LogP contribution in [-0.4, -0.2) is 56.3 Å². The Morgan fingerprint density at radius 2 is 1.88 bits per heavy atom. The van der Waals surface area contributed by atoms with Crippen molar-refractivity contribution in [2.45, 2.75) is 25.8 Å². The van der Waals surface area contributed by atoms with Crippen molar-refractivity contribution in [1.29, 1.82) is 0 Å². The minimum Gasteiger partial charge on any atom is -0.497 e. The lowest BCUT2D eigenvalue weighted by atomic mass is 10.1. The molecule has 1 aromatic carbocycles. The summed E-state index contributed by atoms with van der Waals surface area (Å²) in [5, 5.41) is 6.08. The molecule has 1 fully saturated rings. The molecule has 2 amide bonds. The van der Waals surface area contributed by atoms with Gasteiger partial charge in [0.25, 0.3) is 0 Å². The van der Waals surface area contributed by atoms with E-state index in [2.05, 4.69) is 10.6 Å². The largest absolute Gasteiger partial charge is 0.497 e. The van der Waals surface area contributed by atoms with Crippen LogP contribution in [0.1, 0.15) is 19.8 Å². The molecule has 2 N–H and O–H groups in total. The molecule has 132 valence electrons. The van der Waals surface area contributed by atoms with Crippen LogP contribution in [0.15, 0.2) is 24.3 Å². The van der Waals surface area contributed by atoms with Crippen molar-refractivity contribution in [2.24, 2.45) is 0 Å². The molecule has 24 heavy (non-hydrogen) atoms. The molecule has 0 unspecified atom stereocenters. The first-order valence-electron chi connectivity index (χ1n) is 8.21. The van der Waals surface area contributed by atoms with Gasteiger partial charge in [0.05, 0.1) is 20.3 Å². The molecule has 7 heteroatoms. The number of likely N-dealkylation sites (tertiary alicyclic amines) is 1. The summed E-state index contributed by atoms with van der Waals surface area (Å²) in [6.07, 6.45) is 1.37. The number of rotatable bonds is 6. The third kappa shape index (κ3) is 5.42. The van der Waals surface area contributed by atoms with Crippen LogP contribution < -0.4 is 15.4 Å². The van der Waals surface area contributed by atoms with E-state index in [0.29, 0.717) is 19.7 Å². The number of ether oxygens (including phenoxy) is 2. The number of methoxy groups -OCH3 is 1. The molecule has 1 saturated heterocycles. The highest BCUT2D eigenvalue weighted by Gasteiger charge is 2.23. The number of piperidine rings is 1. The minimum atomic E-state index is -0.256. The second-order valence-electron chi connectivity index (χ2n) is 5.62. The number of hydrogen-bond acceptors (Lipinski definition) is 5. The SMILES string of the molecule is CCOC(=O)N1CCC(NCC(=O)Nc2ccc(OC)cc2)CC1. The predicted octanol–water partition coefficient (Wildman–Crippen LogP) is 1.84. The molecule has 0 spiro atoms. The number of nitrogens with zero attached hydrogens (tertiary/aromatic N) is 1. The average Bonchev–Trinajstić information content (AvgIpc) is 2.61. The van der Waals surface area contributed by atoms with Crippen molar-refractivity contribution in [3.8, 4) is 5.75 Å². The number of carbonyl (C=O) groups excluding carboxylic acids is 2. The van der Waals surface area contributed by atoms with Gasteiger partial charge < -0.3 is 25.0 Å². The second kappa shape index (κ2) is 9.12. The molecular formula is C17H25N3O4. The van der Waals surface area contributed by atoms with Crippen LogP contribution in [0.3, 0.4) is 0 Å². The fraction of sp³-hybridized carbons (Fsp3) is 0.529. The zero-order valence-corrected chi connectivity index (χ0v) is 14.2. The van der Waals surface area contributed by atoms with Gasteiger partial charge in [0, 0.05) is 24.8 Å². The molecule has 1 heterocycles. The van der Waals surface area contributed by atoms with Gasteiger partial charge in [0.15, 0.2) is 0 Å². The Balaban J connectivity index is 1.68. The van der Waals surface area contributed by atoms with Crippen molar-refractivity contribution in [3.63, 3.8) is 0 Å². The second-order valence-corrected chi connectivity index (χ2v) is 5.62. The zero-order valence-electron chi connectivity index (χ0n) is 14.2. The third-order valence-electron chi connectivity index (χ3n) is 3.95. The quantitative estimate of drug-likeness (QED) is 0.829. The molecular weight excluding hydrogens is 310 g/mol. The van der Waals surface area contributed by atoms with Gasteiger partial charge in [-0.15, -0.1) is 0 Å². The number of amides is 2. The Kier molecular flexibility index (Phi) is 6.87. The fourth-order valence-electron chi connectivity index (χ4n) is 2.60. The summed E-state index contributed by atoms with van der Waals surface area (Å²) in [7, 11) is 1.60. The van der Waals surface area contributed by atoms with Crippen LogP contribution >= 0.6 is 0 Å². The maximum absolute atomic E-state index is 12.0. The van der Waals surface area contributed by atoms with Crippen molar-refractivity contribution in [1.82, 2.24) is 10.2 Å². The lowest BCUT2D eigenvalue weighted by molar-refractivity contribution is -0.115. The molecule has 0 bridgehead atoms. The van der Waals surface area contributed by atoms with E-state index < -0.39 is 0 Å². The highest BCUT2D eigenvalue weighted by Crippen LogP contribution is 2.15. The third-order valence-corrected chi connectivity index (χ3v) is 3.95. The Morgan fingerprint density at radius 1 is 1.21 bits per heavy atom. The van der Waals surface area contributed by atoms with E-state index in [0.717, 1.165) is 24.3 Å². The monoisotopic (exact) mass is 335 g/mol. The fourth-order valence-corrected chi connectivity index (χ4v) is 2.60. The van der Waals surface area contributed by atoms with Crippen LogP contribution in [0.4, 0.5) is 10.5 Å². The Bertz CT molecular complexity index is 539. The Hall–Kier alpha value is -2.28. The molecule has 0 saturated carbocycles. The highest BCUT2D eigenvalue weighted by atomic mass is 16.6. The first-order chi connectivity index (χ1) is 11.6. The van der Waals surface area contributed by atoms with Crippen LogP contribution in [0, 0.1) is 0 Å². The molecule has 0 radical (unpaired) electrons. The number of anilines is 1. The van der Waals surface area contributed by atoms with Crippen molar-refractivity contribution in [3.05, 3.63) is 24.3 Å². The van der Waals surface area contributed by atoms with Gasteiger partial charge in [-0.05, 0) is 44.0 Å². The molecule has 1 aliphatic heterocycles. The number of nitrogens with one attached hydrogen (secondary N) is 2. The lowest BCUT2D eigenvalue weighted by Crippen LogP contribution is -2.46. The summed E-state index contributed by atoms with van der Waals surface area (Å²) in [4.78, 5) is 25.3. The number of hydrogen-bond donors (Lipinski definition) is 2. The molecule has 0 aliphatic carbocycles. The number of carbonyl (C=O) groups is 2. The van der Waals surface area contributed by atoms with Gasteiger partial charge in [-0.25, -0.2) is 4.79 Å². The van der Waals surface area contributed by atoms with Gasteiger partial charge in [-0.3, -0.25) is 4.79 Å². The Morgan fingerprint density at radius 3 is 2.46 bits per heavy atom. The van der Waals surface area contributed by atoms with E-state index in [1.165, 1.54) is 0 Å². The Labute approximate surface area is 142 Å². The van der Waals surface area contributed by atoms with Gasteiger partial charge in [-0.1, -0.05) is 0 Å². The maximum Gasteiger partial charge on any atom is 0.409 e. The van der Waals surface area contributed by atoms with E-state index in [1.54, 1.807) is 43.2 Å². The lowest BCUT2D eigenvalue weighted by Gasteiger charge is -2.31. The molecule has 1 aromatic rings. The summed E-state index contributed by atoms with van der Waals surface area (Å²) < 4.78 is 10.1. The van der Waals surface area contributed by atoms with Gasteiger partial charge in [0.2, 0.25) is 5.91 Å². The molecule has 0 aromatic heterocycles. The summed E-state index contributed by atoms with van der Waals surface area (Å²) in [6, 6.07) is 7.43. The summed E-state index contributed by atoms with van der Waals surface area (Å²) in [6.45, 7) is 3.74. The van der Waals surface area contributed by atoms with E-state index in [9.17, 15) is 9.59 Å². The van der Waals surface area contributed by atoms with E-state index in [4.69, 9.17) is 9.47 Å². The smallest absolute Gasteiger partial charge is 0.409 e. The molecule has 2 rings (SSSR count). The summed E-state index contributed by atoms with van der Waals surface area (Å²) in [5.74, 6) is 0.660. The van der Waals surface area contributed by atoms with E-state index >= 15 is 0 Å². The van der Waals surface area contributed by atoms with E-state index in [1.807, 2.05) is 0 Å². The van der Waals surface area contributed by atoms with Crippen molar-refractivity contribution in [2.75, 3.05) is 38.7 Å². The topological polar surface area (TPSA) is 79.9 Å². The number of benzene rings is 1. The summed E-state index contributed by atoms with van der Waals surface area (Å²) in [5.41, 5.74) is 0.736. The molecule has 7 nitrogen and oxygen atoms in total. The minimum absolute atomic E-state index is 0.0898. The van der Waals surface area contributed by atoms with Gasteiger partial charge in [-0.2, -0.15) is 0 Å². The first-order valence-corrected chi connectivity index (χ1v) is 8.21. The first kappa shape index (κ1) is 18.1. The molecule has 0 atom stereocenters. The average molecular weight is 335 g/mol. The van der Waals surface area contributed by atoms with Crippen LogP contribution in [0.2, 0.25) is 0 Å². The van der Waals surface area contributed by atoms with Gasteiger partial charge in [0.1, 0.15) is 5.75 Å².